The summed E-state index contributed by atoms with van der Waals surface area (Å²) in [5.41, 5.74) is 2.70. The van der Waals surface area contributed by atoms with Crippen LogP contribution in [0.3, 0.4) is 0 Å². The van der Waals surface area contributed by atoms with Crippen LogP contribution in [-0.4, -0.2) is 41.6 Å². The molecule has 34 heavy (non-hydrogen) atoms. The van der Waals surface area contributed by atoms with Crippen molar-refractivity contribution in [2.45, 2.75) is 25.7 Å². The summed E-state index contributed by atoms with van der Waals surface area (Å²) in [5, 5.41) is 4.49. The molecular formula is C25H24ClN5O2S. The number of aryl methyl sites for hydroxylation is 2. The zero-order valence-corrected chi connectivity index (χ0v) is 20.5. The number of nitrogens with one attached hydrogen (secondary N) is 1. The summed E-state index contributed by atoms with van der Waals surface area (Å²) >= 11 is 7.85. The molecule has 7 nitrogen and oxygen atoms in total. The normalized spacial score (nSPS) is 12.9. The number of nitrogens with zero attached hydrogens (tertiary/aromatic N) is 4. The van der Waals surface area contributed by atoms with Crippen molar-refractivity contribution in [3.63, 3.8) is 0 Å². The van der Waals surface area contributed by atoms with Gasteiger partial charge in [0.2, 0.25) is 5.91 Å². The largest absolute Gasteiger partial charge is 0.495 e. The van der Waals surface area contributed by atoms with E-state index in [4.69, 9.17) is 26.3 Å². The van der Waals surface area contributed by atoms with Crippen molar-refractivity contribution in [3.8, 4) is 17.1 Å². The molecule has 0 aliphatic heterocycles. The Morgan fingerprint density at radius 1 is 1.24 bits per heavy atom. The fourth-order valence-corrected chi connectivity index (χ4v) is 5.72. The fourth-order valence-electron chi connectivity index (χ4n) is 4.30. The van der Waals surface area contributed by atoms with Gasteiger partial charge in [0.1, 0.15) is 16.4 Å². The maximum Gasteiger partial charge on any atom is 0.244 e. The van der Waals surface area contributed by atoms with E-state index in [0.717, 1.165) is 40.9 Å². The number of ether oxygens (including phenoxy) is 1. The standard InChI is InChI=1S/C25H24ClN5O2S/c1-31(14-21(32)28-18-12-16(26)9-10-19(18)33-2)24-22-17-7-3-4-8-20(17)34-25(22)30-23(29-24)15-6-5-11-27-13-15/h5-6,9-13H,3-4,7-8,14H2,1-2H3,(H,28,32). The highest BCUT2D eigenvalue weighted by atomic mass is 35.5. The summed E-state index contributed by atoms with van der Waals surface area (Å²) in [5.74, 6) is 1.73. The molecule has 0 saturated carbocycles. The third-order valence-electron chi connectivity index (χ3n) is 5.89. The van der Waals surface area contributed by atoms with E-state index in [1.54, 1.807) is 49.0 Å². The number of hydrogen-bond acceptors (Lipinski definition) is 7. The highest BCUT2D eigenvalue weighted by Gasteiger charge is 2.24. The molecule has 1 N–H and O–H groups in total. The van der Waals surface area contributed by atoms with Crippen LogP contribution >= 0.6 is 22.9 Å². The van der Waals surface area contributed by atoms with Crippen molar-refractivity contribution < 1.29 is 9.53 Å². The van der Waals surface area contributed by atoms with Crippen LogP contribution in [0.15, 0.2) is 42.7 Å². The van der Waals surface area contributed by atoms with E-state index in [9.17, 15) is 4.79 Å². The number of aromatic nitrogens is 3. The lowest BCUT2D eigenvalue weighted by Crippen LogP contribution is -2.31. The van der Waals surface area contributed by atoms with Crippen LogP contribution in [0.1, 0.15) is 23.3 Å². The zero-order chi connectivity index (χ0) is 23.7. The molecule has 5 rings (SSSR count). The zero-order valence-electron chi connectivity index (χ0n) is 19.0. The molecule has 0 atom stereocenters. The van der Waals surface area contributed by atoms with Crippen LogP contribution in [0.25, 0.3) is 21.6 Å². The molecule has 0 spiro atoms. The Morgan fingerprint density at radius 3 is 2.88 bits per heavy atom. The third kappa shape index (κ3) is 4.43. The van der Waals surface area contributed by atoms with Gasteiger partial charge in [-0.2, -0.15) is 0 Å². The van der Waals surface area contributed by atoms with E-state index in [1.807, 2.05) is 24.1 Å². The molecule has 0 bridgehead atoms. The van der Waals surface area contributed by atoms with E-state index < -0.39 is 0 Å². The maximum atomic E-state index is 13.0. The summed E-state index contributed by atoms with van der Waals surface area (Å²) in [4.78, 5) is 31.2. The van der Waals surface area contributed by atoms with Crippen LogP contribution < -0.4 is 15.0 Å². The summed E-state index contributed by atoms with van der Waals surface area (Å²) in [6.07, 6.45) is 7.91. The first-order valence-electron chi connectivity index (χ1n) is 11.1. The first-order valence-corrected chi connectivity index (χ1v) is 12.3. The summed E-state index contributed by atoms with van der Waals surface area (Å²) in [7, 11) is 3.44. The average molecular weight is 494 g/mol. The molecule has 1 aliphatic carbocycles. The lowest BCUT2D eigenvalue weighted by Gasteiger charge is -2.21. The molecule has 1 aromatic carbocycles. The second kappa shape index (κ2) is 9.56. The fraction of sp³-hybridized carbons (Fsp3) is 0.280. The average Bonchev–Trinajstić information content (AvgIpc) is 3.22. The van der Waals surface area contributed by atoms with Crippen molar-refractivity contribution >= 4 is 50.6 Å². The highest BCUT2D eigenvalue weighted by Crippen LogP contribution is 2.40. The van der Waals surface area contributed by atoms with Crippen LogP contribution in [0.5, 0.6) is 5.75 Å². The van der Waals surface area contributed by atoms with Gasteiger partial charge in [-0.25, -0.2) is 9.97 Å². The maximum absolute atomic E-state index is 13.0. The second-order valence-electron chi connectivity index (χ2n) is 8.25. The molecule has 0 radical (unpaired) electrons. The number of hydrogen-bond donors (Lipinski definition) is 1. The van der Waals surface area contributed by atoms with Gasteiger partial charge in [-0.3, -0.25) is 9.78 Å². The van der Waals surface area contributed by atoms with Gasteiger partial charge < -0.3 is 15.0 Å². The minimum absolute atomic E-state index is 0.110. The summed E-state index contributed by atoms with van der Waals surface area (Å²) < 4.78 is 5.35. The number of thiophene rings is 1. The minimum atomic E-state index is -0.193. The Bertz CT molecular complexity index is 1360. The summed E-state index contributed by atoms with van der Waals surface area (Å²) in [6.45, 7) is 0.110. The quantitative estimate of drug-likeness (QED) is 0.389. The molecule has 0 saturated heterocycles. The lowest BCUT2D eigenvalue weighted by atomic mass is 9.97. The molecule has 3 heterocycles. The Morgan fingerprint density at radius 2 is 2.09 bits per heavy atom. The minimum Gasteiger partial charge on any atom is -0.495 e. The number of rotatable bonds is 6. The Balaban J connectivity index is 1.51. The number of benzene rings is 1. The number of likely N-dealkylation sites (N-methyl/N-ethyl adjacent to an activating group) is 1. The Hall–Kier alpha value is -3.23. The predicted octanol–water partition coefficient (Wildman–Crippen LogP) is 5.37. The van der Waals surface area contributed by atoms with Crippen LogP contribution in [-0.2, 0) is 17.6 Å². The number of carbonyl (C=O) groups excluding carboxylic acids is 1. The monoisotopic (exact) mass is 493 g/mol. The first-order chi connectivity index (χ1) is 16.5. The van der Waals surface area contributed by atoms with Gasteiger partial charge in [0, 0.05) is 34.9 Å². The molecule has 0 fully saturated rings. The number of fused-ring (bicyclic) bond motifs is 3. The van der Waals surface area contributed by atoms with Crippen molar-refractivity contribution in [3.05, 3.63) is 58.2 Å². The van der Waals surface area contributed by atoms with Gasteiger partial charge in [0.05, 0.1) is 24.7 Å². The SMILES string of the molecule is COc1ccc(Cl)cc1NC(=O)CN(C)c1nc(-c2cccnc2)nc2sc3c(c12)CCCC3. The van der Waals surface area contributed by atoms with Crippen LogP contribution in [0, 0.1) is 0 Å². The van der Waals surface area contributed by atoms with Gasteiger partial charge in [-0.1, -0.05) is 11.6 Å². The van der Waals surface area contributed by atoms with E-state index >= 15 is 0 Å². The van der Waals surface area contributed by atoms with Gasteiger partial charge in [-0.05, 0) is 61.6 Å². The van der Waals surface area contributed by atoms with Gasteiger partial charge >= 0.3 is 0 Å². The van der Waals surface area contributed by atoms with Crippen LogP contribution in [0.2, 0.25) is 5.02 Å². The van der Waals surface area contributed by atoms with Gasteiger partial charge in [0.25, 0.3) is 0 Å². The number of carbonyl (C=O) groups is 1. The Labute approximate surface area is 206 Å². The molecule has 9 heteroatoms. The molecule has 4 aromatic rings. The number of pyridine rings is 1. The molecule has 3 aromatic heterocycles. The third-order valence-corrected chi connectivity index (χ3v) is 7.31. The van der Waals surface area contributed by atoms with E-state index in [2.05, 4.69) is 10.3 Å². The Kier molecular flexibility index (Phi) is 6.34. The van der Waals surface area contributed by atoms with Gasteiger partial charge in [0.15, 0.2) is 5.82 Å². The van der Waals surface area contributed by atoms with Gasteiger partial charge in [-0.15, -0.1) is 11.3 Å². The van der Waals surface area contributed by atoms with Crippen LogP contribution in [0.4, 0.5) is 11.5 Å². The number of methoxy groups -OCH3 is 1. The summed E-state index contributed by atoms with van der Waals surface area (Å²) in [6, 6.07) is 8.95. The van der Waals surface area contributed by atoms with E-state index in [0.29, 0.717) is 22.3 Å². The smallest absolute Gasteiger partial charge is 0.244 e. The van der Waals surface area contributed by atoms with E-state index in [-0.39, 0.29) is 12.5 Å². The predicted molar refractivity (Wildman–Crippen MR) is 137 cm³/mol. The van der Waals surface area contributed by atoms with Crippen molar-refractivity contribution in [1.82, 2.24) is 15.0 Å². The first kappa shape index (κ1) is 22.6. The second-order valence-corrected chi connectivity index (χ2v) is 9.77. The van der Waals surface area contributed by atoms with Crippen molar-refractivity contribution in [2.75, 3.05) is 30.9 Å². The molecule has 1 amide bonds. The number of halogens is 1. The molecule has 174 valence electrons. The topological polar surface area (TPSA) is 80.2 Å². The molecule has 0 unspecified atom stereocenters. The van der Waals surface area contributed by atoms with E-state index in [1.165, 1.54) is 16.9 Å². The number of amides is 1. The van der Waals surface area contributed by atoms with Crippen molar-refractivity contribution in [2.24, 2.45) is 0 Å². The lowest BCUT2D eigenvalue weighted by molar-refractivity contribution is -0.114. The molecule has 1 aliphatic rings. The highest BCUT2D eigenvalue weighted by molar-refractivity contribution is 7.19. The number of anilines is 2. The molecular weight excluding hydrogens is 470 g/mol. The van der Waals surface area contributed by atoms with Crippen molar-refractivity contribution in [1.29, 1.82) is 0 Å².